The van der Waals surface area contributed by atoms with Crippen LogP contribution in [0.3, 0.4) is 0 Å². The smallest absolute Gasteiger partial charge is 0.261 e. The molecule has 0 fully saturated rings. The molecule has 0 atom stereocenters. The molecule has 4 rings (SSSR count). The number of aromatic nitrogens is 2. The normalized spacial score (nSPS) is 11.3. The van der Waals surface area contributed by atoms with E-state index in [2.05, 4.69) is 36.4 Å². The number of halogens is 1. The van der Waals surface area contributed by atoms with Crippen molar-refractivity contribution < 1.29 is 5.11 Å². The van der Waals surface area contributed by atoms with Crippen molar-refractivity contribution in [1.82, 2.24) is 9.97 Å². The Balaban J connectivity index is 1.58. The summed E-state index contributed by atoms with van der Waals surface area (Å²) in [4.78, 5) is 19.4. The number of nitrogens with zero attached hydrogens (tertiary/aromatic N) is 2. The number of rotatable bonds is 4. The van der Waals surface area contributed by atoms with Gasteiger partial charge in [-0.1, -0.05) is 46.3 Å². The monoisotopic (exact) mass is 440 g/mol. The third-order valence-electron chi connectivity index (χ3n) is 3.91. The van der Waals surface area contributed by atoms with Gasteiger partial charge in [0.15, 0.2) is 0 Å². The molecule has 0 saturated carbocycles. The van der Waals surface area contributed by atoms with Crippen LogP contribution in [0.15, 0.2) is 68.3 Å². The number of benzene rings is 2. The summed E-state index contributed by atoms with van der Waals surface area (Å²) in [6.07, 6.45) is 1.29. The van der Waals surface area contributed by atoms with E-state index < -0.39 is 5.56 Å². The Hall–Kier alpha value is -2.97. The van der Waals surface area contributed by atoms with Crippen LogP contribution in [0, 0.1) is 0 Å². The molecule has 0 aliphatic carbocycles. The van der Waals surface area contributed by atoms with Gasteiger partial charge in [-0.15, -0.1) is 11.3 Å². The van der Waals surface area contributed by atoms with Gasteiger partial charge in [-0.05, 0) is 18.2 Å². The number of hydrogen-bond donors (Lipinski definition) is 3. The van der Waals surface area contributed by atoms with Crippen molar-refractivity contribution >= 4 is 49.5 Å². The molecular formula is C19H13BrN4O2S. The average Bonchev–Trinajstić information content (AvgIpc) is 3.14. The summed E-state index contributed by atoms with van der Waals surface area (Å²) >= 11 is 4.74. The van der Waals surface area contributed by atoms with Crippen molar-refractivity contribution in [2.24, 2.45) is 5.10 Å². The lowest BCUT2D eigenvalue weighted by Crippen LogP contribution is -2.12. The molecule has 0 unspecified atom stereocenters. The number of H-pyrrole nitrogens is 1. The van der Waals surface area contributed by atoms with E-state index >= 15 is 0 Å². The molecule has 2 heterocycles. The fourth-order valence-electron chi connectivity index (χ4n) is 2.61. The fraction of sp³-hybridized carbons (Fsp3) is 0. The molecule has 8 heteroatoms. The number of thiazole rings is 1. The van der Waals surface area contributed by atoms with Crippen LogP contribution in [0.1, 0.15) is 5.56 Å². The van der Waals surface area contributed by atoms with Gasteiger partial charge >= 0.3 is 0 Å². The van der Waals surface area contributed by atoms with Gasteiger partial charge in [0.1, 0.15) is 11.3 Å². The minimum Gasteiger partial charge on any atom is -0.506 e. The number of nitrogens with one attached hydrogen (secondary N) is 2. The molecule has 0 aliphatic heterocycles. The highest BCUT2D eigenvalue weighted by Gasteiger charge is 2.10. The predicted octanol–water partition coefficient (Wildman–Crippen LogP) is 4.57. The molecule has 0 amide bonds. The molecular weight excluding hydrogens is 428 g/mol. The van der Waals surface area contributed by atoms with Crippen LogP contribution < -0.4 is 11.0 Å². The van der Waals surface area contributed by atoms with Crippen LogP contribution in [0.2, 0.25) is 0 Å². The second-order valence-corrected chi connectivity index (χ2v) is 7.45. The summed E-state index contributed by atoms with van der Waals surface area (Å²) in [6, 6.07) is 15.1. The Bertz CT molecular complexity index is 1200. The van der Waals surface area contributed by atoms with Crippen molar-refractivity contribution in [3.8, 4) is 17.0 Å². The Morgan fingerprint density at radius 3 is 2.85 bits per heavy atom. The molecule has 6 nitrogen and oxygen atoms in total. The van der Waals surface area contributed by atoms with Crippen LogP contribution in [0.5, 0.6) is 5.75 Å². The molecule has 0 radical (unpaired) electrons. The average molecular weight is 441 g/mol. The Labute approximate surface area is 166 Å². The van der Waals surface area contributed by atoms with Gasteiger partial charge in [-0.3, -0.25) is 10.2 Å². The molecule has 2 aromatic heterocycles. The number of hydrogen-bond acceptors (Lipinski definition) is 6. The second kappa shape index (κ2) is 7.34. The van der Waals surface area contributed by atoms with Gasteiger partial charge in [-0.25, -0.2) is 4.98 Å². The van der Waals surface area contributed by atoms with E-state index in [4.69, 9.17) is 0 Å². The molecule has 0 bridgehead atoms. The van der Waals surface area contributed by atoms with E-state index in [1.165, 1.54) is 17.6 Å². The highest BCUT2D eigenvalue weighted by Crippen LogP contribution is 2.27. The second-order valence-electron chi connectivity index (χ2n) is 5.68. The topological polar surface area (TPSA) is 90.4 Å². The Kier molecular flexibility index (Phi) is 4.74. The number of pyridine rings is 1. The molecule has 2 aromatic carbocycles. The van der Waals surface area contributed by atoms with Crippen LogP contribution in [0.25, 0.3) is 22.2 Å². The number of hydrazone groups is 1. The lowest BCUT2D eigenvalue weighted by atomic mass is 10.1. The first-order chi connectivity index (χ1) is 13.1. The van der Waals surface area contributed by atoms with Gasteiger partial charge < -0.3 is 10.1 Å². The van der Waals surface area contributed by atoms with Gasteiger partial charge in [-0.2, -0.15) is 5.10 Å². The minimum absolute atomic E-state index is 0.0807. The molecule has 3 N–H and O–H groups in total. The zero-order chi connectivity index (χ0) is 18.8. The summed E-state index contributed by atoms with van der Waals surface area (Å²) in [7, 11) is 0. The fourth-order valence-corrected chi connectivity index (χ4v) is 3.64. The third-order valence-corrected chi connectivity index (χ3v) is 5.15. The quantitative estimate of drug-likeness (QED) is 0.320. The van der Waals surface area contributed by atoms with Gasteiger partial charge in [0.25, 0.3) is 5.56 Å². The Morgan fingerprint density at radius 2 is 2.04 bits per heavy atom. The summed E-state index contributed by atoms with van der Waals surface area (Å²) < 4.78 is 0.811. The van der Waals surface area contributed by atoms with Crippen molar-refractivity contribution in [3.05, 3.63) is 74.3 Å². The van der Waals surface area contributed by atoms with E-state index in [0.29, 0.717) is 16.0 Å². The lowest BCUT2D eigenvalue weighted by molar-refractivity contribution is 0.479. The van der Waals surface area contributed by atoms with E-state index in [1.807, 2.05) is 35.7 Å². The van der Waals surface area contributed by atoms with Crippen LogP contribution >= 0.6 is 27.3 Å². The van der Waals surface area contributed by atoms with Crippen LogP contribution in [-0.4, -0.2) is 21.3 Å². The van der Waals surface area contributed by atoms with Crippen molar-refractivity contribution in [3.63, 3.8) is 0 Å². The SMILES string of the molecule is O=c1[nH]c2cc(Br)ccc2c(O)c1/C=N/Nc1nc(-c2ccccc2)cs1. The van der Waals surface area contributed by atoms with Crippen LogP contribution in [-0.2, 0) is 0 Å². The summed E-state index contributed by atoms with van der Waals surface area (Å²) in [5.74, 6) is -0.115. The highest BCUT2D eigenvalue weighted by molar-refractivity contribution is 9.10. The van der Waals surface area contributed by atoms with E-state index in [9.17, 15) is 9.90 Å². The first kappa shape index (κ1) is 17.4. The molecule has 0 spiro atoms. The summed E-state index contributed by atoms with van der Waals surface area (Å²) in [5, 5.41) is 17.5. The molecule has 0 aliphatic rings. The standard InChI is InChI=1S/C19H13BrN4O2S/c20-12-6-7-13-15(8-12)22-18(26)14(17(13)25)9-21-24-19-23-16(10-27-19)11-4-2-1-3-5-11/h1-10H,(H,23,24)(H2,22,25,26)/b21-9+. The number of aromatic amines is 1. The maximum absolute atomic E-state index is 12.2. The van der Waals surface area contributed by atoms with E-state index in [-0.39, 0.29) is 11.3 Å². The van der Waals surface area contributed by atoms with Crippen molar-refractivity contribution in [2.45, 2.75) is 0 Å². The molecule has 27 heavy (non-hydrogen) atoms. The Morgan fingerprint density at radius 1 is 1.22 bits per heavy atom. The maximum Gasteiger partial charge on any atom is 0.261 e. The molecule has 0 saturated heterocycles. The van der Waals surface area contributed by atoms with Crippen molar-refractivity contribution in [1.29, 1.82) is 0 Å². The first-order valence-corrected chi connectivity index (χ1v) is 9.63. The van der Waals surface area contributed by atoms with E-state index in [1.54, 1.807) is 18.2 Å². The maximum atomic E-state index is 12.2. The van der Waals surface area contributed by atoms with Gasteiger partial charge in [0, 0.05) is 20.8 Å². The zero-order valence-electron chi connectivity index (χ0n) is 13.8. The first-order valence-electron chi connectivity index (χ1n) is 7.96. The molecule has 134 valence electrons. The largest absolute Gasteiger partial charge is 0.506 e. The third kappa shape index (κ3) is 3.62. The predicted molar refractivity (Wildman–Crippen MR) is 113 cm³/mol. The number of anilines is 1. The van der Waals surface area contributed by atoms with E-state index in [0.717, 1.165) is 15.7 Å². The number of aromatic hydroxyl groups is 1. The van der Waals surface area contributed by atoms with Crippen molar-refractivity contribution in [2.75, 3.05) is 5.43 Å². The lowest BCUT2D eigenvalue weighted by Gasteiger charge is -2.04. The number of fused-ring (bicyclic) bond motifs is 1. The minimum atomic E-state index is -0.423. The summed E-state index contributed by atoms with van der Waals surface area (Å²) in [6.45, 7) is 0. The highest BCUT2D eigenvalue weighted by atomic mass is 79.9. The zero-order valence-corrected chi connectivity index (χ0v) is 16.2. The summed E-state index contributed by atoms with van der Waals surface area (Å²) in [5.41, 5.74) is 4.86. The van der Waals surface area contributed by atoms with Gasteiger partial charge in [0.05, 0.1) is 17.4 Å². The van der Waals surface area contributed by atoms with Crippen LogP contribution in [0.4, 0.5) is 5.13 Å². The molecule has 4 aromatic rings. The van der Waals surface area contributed by atoms with Gasteiger partial charge in [0.2, 0.25) is 5.13 Å².